The van der Waals surface area contributed by atoms with Crippen LogP contribution in [0.4, 0.5) is 0 Å². The van der Waals surface area contributed by atoms with Gasteiger partial charge in [0.05, 0.1) is 6.10 Å². The average molecular weight is 493 g/mol. The third kappa shape index (κ3) is 4.28. The van der Waals surface area contributed by atoms with Gasteiger partial charge in [-0.2, -0.15) is 0 Å². The van der Waals surface area contributed by atoms with Crippen molar-refractivity contribution in [3.8, 4) is 0 Å². The smallest absolute Gasteiger partial charge is 0.0577 e. The molecule has 4 aliphatic carbocycles. The molecule has 6 rings (SSSR count). The molecule has 2 aromatic rings. The zero-order valence-electron chi connectivity index (χ0n) is 23.0. The van der Waals surface area contributed by atoms with Crippen LogP contribution < -0.4 is 0 Å². The van der Waals surface area contributed by atoms with Gasteiger partial charge in [-0.15, -0.1) is 0 Å². The largest absolute Gasteiger partial charge is 0.393 e. The number of aliphatic hydroxyl groups is 1. The Morgan fingerprint density at radius 3 is 2.16 bits per heavy atom. The molecule has 194 valence electrons. The number of benzene rings is 2. The molecule has 3 saturated carbocycles. The van der Waals surface area contributed by atoms with Crippen LogP contribution in [0.1, 0.15) is 83.3 Å². The molecule has 2 aromatic carbocycles. The van der Waals surface area contributed by atoms with E-state index in [0.29, 0.717) is 16.7 Å². The Hall–Kier alpha value is -2.38. The highest BCUT2D eigenvalue weighted by atomic mass is 16.3. The van der Waals surface area contributed by atoms with Gasteiger partial charge in [-0.3, -0.25) is 0 Å². The second-order valence-electron chi connectivity index (χ2n) is 13.1. The highest BCUT2D eigenvalue weighted by Gasteiger charge is 2.58. The fraction of sp³-hybridized carbons (Fsp3) is 0.500. The Balaban J connectivity index is 1.28. The maximum absolute atomic E-state index is 10.3. The molecule has 1 N–H and O–H groups in total. The second kappa shape index (κ2) is 9.73. The number of aliphatic hydroxyl groups excluding tert-OH is 1. The zero-order chi connectivity index (χ0) is 25.6. The molecule has 0 saturated heterocycles. The van der Waals surface area contributed by atoms with Crippen LogP contribution in [0.25, 0.3) is 5.57 Å². The van der Waals surface area contributed by atoms with E-state index < -0.39 is 0 Å². The molecule has 0 heterocycles. The van der Waals surface area contributed by atoms with Crippen LogP contribution in [0.15, 0.2) is 90.0 Å². The summed E-state index contributed by atoms with van der Waals surface area (Å²) in [6, 6.07) is 21.7. The van der Waals surface area contributed by atoms with E-state index in [4.69, 9.17) is 0 Å². The lowest BCUT2D eigenvalue weighted by Gasteiger charge is -2.58. The number of fused-ring (bicyclic) bond motifs is 5. The summed E-state index contributed by atoms with van der Waals surface area (Å²) in [5.41, 5.74) is 7.75. The average Bonchev–Trinajstić information content (AvgIpc) is 3.28. The van der Waals surface area contributed by atoms with Crippen molar-refractivity contribution in [2.75, 3.05) is 0 Å². The Morgan fingerprint density at radius 2 is 1.49 bits per heavy atom. The van der Waals surface area contributed by atoms with Crippen molar-refractivity contribution in [1.29, 1.82) is 0 Å². The van der Waals surface area contributed by atoms with Gasteiger partial charge in [-0.25, -0.2) is 0 Å². The minimum atomic E-state index is -0.113. The van der Waals surface area contributed by atoms with Gasteiger partial charge in [0, 0.05) is 0 Å². The van der Waals surface area contributed by atoms with Gasteiger partial charge in [0.2, 0.25) is 0 Å². The molecule has 1 heteroatoms. The Kier molecular flexibility index (Phi) is 6.56. The van der Waals surface area contributed by atoms with E-state index in [-0.39, 0.29) is 6.10 Å². The van der Waals surface area contributed by atoms with E-state index in [9.17, 15) is 5.11 Å². The van der Waals surface area contributed by atoms with Crippen LogP contribution in [-0.4, -0.2) is 11.2 Å². The molecule has 0 unspecified atom stereocenters. The molecule has 0 spiro atoms. The molecule has 3 fully saturated rings. The van der Waals surface area contributed by atoms with Crippen LogP contribution in [0, 0.1) is 34.5 Å². The Labute approximate surface area is 224 Å². The fourth-order valence-corrected chi connectivity index (χ4v) is 9.32. The van der Waals surface area contributed by atoms with Crippen LogP contribution in [0.2, 0.25) is 0 Å². The molecule has 4 aliphatic rings. The number of rotatable bonds is 4. The molecule has 0 aromatic heterocycles. The highest BCUT2D eigenvalue weighted by Crippen LogP contribution is 2.67. The van der Waals surface area contributed by atoms with E-state index in [1.54, 1.807) is 11.1 Å². The molecule has 0 bridgehead atoms. The van der Waals surface area contributed by atoms with Gasteiger partial charge < -0.3 is 5.11 Å². The molecule has 7 atom stereocenters. The SMILES string of the molecule is C/C(=C/C=C(c1ccccc1)c1ccccc1)[C@@H]1CC[C@@H]2[C@@H]3CC=C4C[C@@H](O)CC[C@]4(C)[C@@H]3CC[C@@]21C. The summed E-state index contributed by atoms with van der Waals surface area (Å²) in [6.45, 7) is 7.58. The summed E-state index contributed by atoms with van der Waals surface area (Å²) in [5.74, 6) is 3.13. The van der Waals surface area contributed by atoms with Crippen LogP contribution in [0.3, 0.4) is 0 Å². The Morgan fingerprint density at radius 1 is 0.811 bits per heavy atom. The summed E-state index contributed by atoms with van der Waals surface area (Å²) in [5, 5.41) is 10.3. The fourth-order valence-electron chi connectivity index (χ4n) is 9.32. The van der Waals surface area contributed by atoms with Crippen LogP contribution in [0.5, 0.6) is 0 Å². The van der Waals surface area contributed by atoms with Crippen molar-refractivity contribution in [3.63, 3.8) is 0 Å². The Bertz CT molecular complexity index is 1160. The predicted octanol–water partition coefficient (Wildman–Crippen LogP) is 9.00. The number of hydrogen-bond acceptors (Lipinski definition) is 1. The van der Waals surface area contributed by atoms with Gasteiger partial charge in [-0.05, 0) is 109 Å². The monoisotopic (exact) mass is 492 g/mol. The first kappa shape index (κ1) is 24.9. The first-order chi connectivity index (χ1) is 17.9. The zero-order valence-corrected chi connectivity index (χ0v) is 23.0. The number of hydrogen-bond donors (Lipinski definition) is 1. The van der Waals surface area contributed by atoms with Gasteiger partial charge in [0.15, 0.2) is 0 Å². The predicted molar refractivity (Wildman–Crippen MR) is 155 cm³/mol. The van der Waals surface area contributed by atoms with Crippen molar-refractivity contribution in [3.05, 3.63) is 101 Å². The summed E-state index contributed by atoms with van der Waals surface area (Å²) >= 11 is 0. The molecule has 0 amide bonds. The van der Waals surface area contributed by atoms with E-state index in [0.717, 1.165) is 30.6 Å². The maximum Gasteiger partial charge on any atom is 0.0577 e. The molecule has 0 aliphatic heterocycles. The van der Waals surface area contributed by atoms with E-state index in [1.807, 2.05) is 0 Å². The topological polar surface area (TPSA) is 20.2 Å². The summed E-state index contributed by atoms with van der Waals surface area (Å²) in [4.78, 5) is 0. The third-order valence-corrected chi connectivity index (χ3v) is 11.3. The van der Waals surface area contributed by atoms with Crippen molar-refractivity contribution in [1.82, 2.24) is 0 Å². The first-order valence-electron chi connectivity index (χ1n) is 14.8. The van der Waals surface area contributed by atoms with Gasteiger partial charge in [0.1, 0.15) is 0 Å². The maximum atomic E-state index is 10.3. The lowest BCUT2D eigenvalue weighted by molar-refractivity contribution is -0.0454. The van der Waals surface area contributed by atoms with Crippen molar-refractivity contribution in [2.24, 2.45) is 34.5 Å². The van der Waals surface area contributed by atoms with Gasteiger partial charge in [-0.1, -0.05) is 104 Å². The van der Waals surface area contributed by atoms with Crippen molar-refractivity contribution in [2.45, 2.75) is 78.2 Å². The van der Waals surface area contributed by atoms with Crippen LogP contribution >= 0.6 is 0 Å². The van der Waals surface area contributed by atoms with E-state index in [2.05, 4.69) is 99.7 Å². The quantitative estimate of drug-likeness (QED) is 0.333. The van der Waals surface area contributed by atoms with E-state index >= 15 is 0 Å². The minimum Gasteiger partial charge on any atom is -0.393 e. The van der Waals surface area contributed by atoms with Gasteiger partial charge in [0.25, 0.3) is 0 Å². The second-order valence-corrected chi connectivity index (χ2v) is 13.1. The summed E-state index contributed by atoms with van der Waals surface area (Å²) in [6.07, 6.45) is 17.0. The number of allylic oxidation sites excluding steroid dienone is 4. The van der Waals surface area contributed by atoms with Crippen molar-refractivity contribution >= 4 is 5.57 Å². The molecular formula is C36H44O. The van der Waals surface area contributed by atoms with Gasteiger partial charge >= 0.3 is 0 Å². The highest BCUT2D eigenvalue weighted by molar-refractivity contribution is 5.80. The summed E-state index contributed by atoms with van der Waals surface area (Å²) in [7, 11) is 0. The lowest BCUT2D eigenvalue weighted by atomic mass is 9.47. The third-order valence-electron chi connectivity index (χ3n) is 11.3. The standard InChI is InChI=1S/C36H44O/c1-25(14-16-30(26-10-6-4-7-11-26)27-12-8-5-9-13-27)32-18-19-33-31-17-15-28-24-29(37)20-22-35(28,2)34(31)21-23-36(32,33)3/h4-16,29,31-34,37H,17-24H2,1-3H3/b25-14-/t29-,31-,32-,33+,34+,35-,36+/m0/s1. The van der Waals surface area contributed by atoms with Crippen molar-refractivity contribution < 1.29 is 5.11 Å². The normalized spacial score (nSPS) is 37.1. The lowest BCUT2D eigenvalue weighted by Crippen LogP contribution is -2.50. The van der Waals surface area contributed by atoms with Crippen LogP contribution in [-0.2, 0) is 0 Å². The molecule has 37 heavy (non-hydrogen) atoms. The first-order valence-corrected chi connectivity index (χ1v) is 14.8. The summed E-state index contributed by atoms with van der Waals surface area (Å²) < 4.78 is 0. The molecule has 1 nitrogen and oxygen atoms in total. The molecular weight excluding hydrogens is 448 g/mol. The minimum absolute atomic E-state index is 0.113. The van der Waals surface area contributed by atoms with E-state index in [1.165, 1.54) is 55.2 Å². The molecule has 0 radical (unpaired) electrons.